The van der Waals surface area contributed by atoms with E-state index in [0.29, 0.717) is 12.0 Å². The van der Waals surface area contributed by atoms with E-state index in [1.165, 1.54) is 5.56 Å². The number of halogens is 3. The van der Waals surface area contributed by atoms with Gasteiger partial charge in [0.05, 0.1) is 10.0 Å². The van der Waals surface area contributed by atoms with Crippen molar-refractivity contribution in [3.63, 3.8) is 0 Å². The Kier molecular flexibility index (Phi) is 4.21. The molecule has 0 spiro atoms. The van der Waals surface area contributed by atoms with Crippen molar-refractivity contribution in [3.05, 3.63) is 57.0 Å². The molecule has 21 heavy (non-hydrogen) atoms. The van der Waals surface area contributed by atoms with Gasteiger partial charge >= 0.3 is 0 Å². The highest BCUT2D eigenvalue weighted by atomic mass is 35.5. The summed E-state index contributed by atoms with van der Waals surface area (Å²) in [5, 5.41) is 14.3. The molecule has 1 fully saturated rings. The molecule has 1 aliphatic carbocycles. The molecule has 1 aliphatic rings. The van der Waals surface area contributed by atoms with Crippen molar-refractivity contribution in [2.45, 2.75) is 24.8 Å². The summed E-state index contributed by atoms with van der Waals surface area (Å²) in [5.41, 5.74) is 2.03. The third-order valence-corrected chi connectivity index (χ3v) is 4.79. The normalized spacial score (nSPS) is 20.9. The Morgan fingerprint density at radius 1 is 0.952 bits per heavy atom. The van der Waals surface area contributed by atoms with Crippen LogP contribution in [0, 0.1) is 0 Å². The predicted molar refractivity (Wildman–Crippen MR) is 89.0 cm³/mol. The Balaban J connectivity index is 1.64. The lowest BCUT2D eigenvalue weighted by molar-refractivity contribution is 0.374. The summed E-state index contributed by atoms with van der Waals surface area (Å²) in [6, 6.07) is 11.7. The maximum absolute atomic E-state index is 9.55. The van der Waals surface area contributed by atoms with Crippen LogP contribution in [0.25, 0.3) is 0 Å². The van der Waals surface area contributed by atoms with E-state index >= 15 is 0 Å². The second-order valence-corrected chi connectivity index (χ2v) is 6.54. The van der Waals surface area contributed by atoms with Gasteiger partial charge in [0, 0.05) is 16.8 Å². The molecule has 2 nitrogen and oxygen atoms in total. The minimum Gasteiger partial charge on any atom is -0.505 e. The largest absolute Gasteiger partial charge is 0.505 e. The molecule has 0 atom stereocenters. The van der Waals surface area contributed by atoms with Crippen LogP contribution in [0.4, 0.5) is 5.69 Å². The first-order valence-electron chi connectivity index (χ1n) is 6.73. The Labute approximate surface area is 138 Å². The van der Waals surface area contributed by atoms with Gasteiger partial charge in [-0.05, 0) is 42.5 Å². The number of anilines is 1. The molecular weight excluding hydrogens is 329 g/mol. The van der Waals surface area contributed by atoms with Crippen LogP contribution in [0.5, 0.6) is 5.75 Å². The maximum atomic E-state index is 9.55. The highest BCUT2D eigenvalue weighted by Gasteiger charge is 2.31. The quantitative estimate of drug-likeness (QED) is 0.700. The molecule has 0 saturated heterocycles. The van der Waals surface area contributed by atoms with Crippen LogP contribution in [0.15, 0.2) is 36.4 Å². The number of hydrogen-bond acceptors (Lipinski definition) is 2. The van der Waals surface area contributed by atoms with E-state index < -0.39 is 0 Å². The number of phenolic OH excluding ortho intramolecular Hbond substituents is 1. The zero-order chi connectivity index (χ0) is 15.0. The fourth-order valence-electron chi connectivity index (χ4n) is 2.68. The third kappa shape index (κ3) is 3.08. The fraction of sp³-hybridized carbons (Fsp3) is 0.250. The SMILES string of the molecule is Oc1c(Cl)cc(NC2CC(c3ccccc3Cl)C2)cc1Cl. The Morgan fingerprint density at radius 3 is 2.19 bits per heavy atom. The Bertz CT molecular complexity index is 645. The molecule has 0 unspecified atom stereocenters. The predicted octanol–water partition coefficient (Wildman–Crippen LogP) is 5.71. The molecule has 0 radical (unpaired) electrons. The molecule has 0 aromatic heterocycles. The maximum Gasteiger partial charge on any atom is 0.152 e. The van der Waals surface area contributed by atoms with Gasteiger partial charge in [-0.2, -0.15) is 0 Å². The highest BCUT2D eigenvalue weighted by Crippen LogP contribution is 2.42. The smallest absolute Gasteiger partial charge is 0.152 e. The van der Waals surface area contributed by atoms with Gasteiger partial charge in [0.1, 0.15) is 0 Å². The molecule has 0 amide bonds. The van der Waals surface area contributed by atoms with E-state index in [1.54, 1.807) is 12.1 Å². The molecule has 0 aliphatic heterocycles. The summed E-state index contributed by atoms with van der Waals surface area (Å²) >= 11 is 18.0. The van der Waals surface area contributed by atoms with Gasteiger partial charge < -0.3 is 10.4 Å². The molecule has 0 heterocycles. The lowest BCUT2D eigenvalue weighted by atomic mass is 9.76. The number of rotatable bonds is 3. The highest BCUT2D eigenvalue weighted by molar-refractivity contribution is 6.37. The number of nitrogens with one attached hydrogen (secondary N) is 1. The van der Waals surface area contributed by atoms with E-state index in [2.05, 4.69) is 11.4 Å². The third-order valence-electron chi connectivity index (χ3n) is 3.87. The van der Waals surface area contributed by atoms with Crippen LogP contribution in [0.3, 0.4) is 0 Å². The minimum atomic E-state index is -0.0774. The molecule has 110 valence electrons. The van der Waals surface area contributed by atoms with Crippen molar-refractivity contribution in [1.82, 2.24) is 0 Å². The van der Waals surface area contributed by atoms with Crippen molar-refractivity contribution >= 4 is 40.5 Å². The molecule has 1 saturated carbocycles. The fourth-order valence-corrected chi connectivity index (χ4v) is 3.46. The van der Waals surface area contributed by atoms with Crippen LogP contribution in [0.2, 0.25) is 15.1 Å². The summed E-state index contributed by atoms with van der Waals surface area (Å²) in [5.74, 6) is 0.408. The van der Waals surface area contributed by atoms with Crippen LogP contribution in [-0.4, -0.2) is 11.1 Å². The van der Waals surface area contributed by atoms with Gasteiger partial charge in [-0.1, -0.05) is 53.0 Å². The van der Waals surface area contributed by atoms with E-state index in [4.69, 9.17) is 34.8 Å². The monoisotopic (exact) mass is 341 g/mol. The average molecular weight is 343 g/mol. The molecule has 5 heteroatoms. The van der Waals surface area contributed by atoms with Crippen molar-refractivity contribution in [3.8, 4) is 5.75 Å². The van der Waals surface area contributed by atoms with Gasteiger partial charge in [0.2, 0.25) is 0 Å². The first-order valence-corrected chi connectivity index (χ1v) is 7.87. The lowest BCUT2D eigenvalue weighted by Gasteiger charge is -2.37. The molecule has 0 bridgehead atoms. The number of benzene rings is 2. The molecule has 2 aromatic rings. The zero-order valence-corrected chi connectivity index (χ0v) is 13.4. The second kappa shape index (κ2) is 5.96. The average Bonchev–Trinajstić information content (AvgIpc) is 2.41. The summed E-state index contributed by atoms with van der Waals surface area (Å²) in [6.45, 7) is 0. The summed E-state index contributed by atoms with van der Waals surface area (Å²) in [4.78, 5) is 0. The Hall–Kier alpha value is -1.09. The number of phenols is 1. The number of hydrogen-bond donors (Lipinski definition) is 2. The number of aromatic hydroxyl groups is 1. The molecule has 3 rings (SSSR count). The van der Waals surface area contributed by atoms with E-state index in [9.17, 15) is 5.11 Å². The van der Waals surface area contributed by atoms with E-state index in [-0.39, 0.29) is 15.8 Å². The lowest BCUT2D eigenvalue weighted by Crippen LogP contribution is -2.34. The van der Waals surface area contributed by atoms with Crippen LogP contribution < -0.4 is 5.32 Å². The summed E-state index contributed by atoms with van der Waals surface area (Å²) in [6.07, 6.45) is 2.03. The van der Waals surface area contributed by atoms with Gasteiger partial charge in [-0.3, -0.25) is 0 Å². The molecule has 2 N–H and O–H groups in total. The van der Waals surface area contributed by atoms with Crippen LogP contribution in [-0.2, 0) is 0 Å². The first-order chi connectivity index (χ1) is 10.0. The standard InChI is InChI=1S/C16H14Cl3NO/c17-13-4-2-1-3-12(13)9-5-10(6-9)20-11-7-14(18)16(21)15(19)8-11/h1-4,7-10,20-21H,5-6H2. The Morgan fingerprint density at radius 2 is 1.57 bits per heavy atom. The zero-order valence-electron chi connectivity index (χ0n) is 11.1. The van der Waals surface area contributed by atoms with E-state index in [0.717, 1.165) is 23.6 Å². The van der Waals surface area contributed by atoms with Crippen LogP contribution in [0.1, 0.15) is 24.3 Å². The van der Waals surface area contributed by atoms with Crippen molar-refractivity contribution in [1.29, 1.82) is 0 Å². The topological polar surface area (TPSA) is 32.3 Å². The molecular formula is C16H14Cl3NO. The van der Waals surface area contributed by atoms with Gasteiger partial charge in [0.15, 0.2) is 5.75 Å². The van der Waals surface area contributed by atoms with Gasteiger partial charge in [-0.25, -0.2) is 0 Å². The van der Waals surface area contributed by atoms with Crippen molar-refractivity contribution in [2.75, 3.05) is 5.32 Å². The first kappa shape index (κ1) is 14.8. The summed E-state index contributed by atoms with van der Waals surface area (Å²) < 4.78 is 0. The van der Waals surface area contributed by atoms with Crippen LogP contribution >= 0.6 is 34.8 Å². The van der Waals surface area contributed by atoms with Crippen molar-refractivity contribution in [2.24, 2.45) is 0 Å². The minimum absolute atomic E-state index is 0.0774. The van der Waals surface area contributed by atoms with Gasteiger partial charge in [0.25, 0.3) is 0 Å². The second-order valence-electron chi connectivity index (χ2n) is 5.32. The summed E-state index contributed by atoms with van der Waals surface area (Å²) in [7, 11) is 0. The van der Waals surface area contributed by atoms with Gasteiger partial charge in [-0.15, -0.1) is 0 Å². The van der Waals surface area contributed by atoms with E-state index in [1.807, 2.05) is 18.2 Å². The molecule has 2 aromatic carbocycles. The van der Waals surface area contributed by atoms with Crippen molar-refractivity contribution < 1.29 is 5.11 Å².